The highest BCUT2D eigenvalue weighted by atomic mass is 16.4. The van der Waals surface area contributed by atoms with Crippen LogP contribution in [0, 0.1) is 5.92 Å². The molecule has 19 heavy (non-hydrogen) atoms. The molecule has 0 atom stereocenters. The van der Waals surface area contributed by atoms with E-state index in [-0.39, 0.29) is 11.5 Å². The van der Waals surface area contributed by atoms with Crippen molar-refractivity contribution in [1.29, 1.82) is 0 Å². The molecular formula is C15H21NO3. The van der Waals surface area contributed by atoms with Crippen molar-refractivity contribution in [3.8, 4) is 0 Å². The fourth-order valence-corrected chi connectivity index (χ4v) is 1.66. The Morgan fingerprint density at radius 3 is 2.37 bits per heavy atom. The summed E-state index contributed by atoms with van der Waals surface area (Å²) in [6.45, 7) is 4.96. The van der Waals surface area contributed by atoms with E-state index in [1.807, 2.05) is 0 Å². The van der Waals surface area contributed by atoms with Crippen LogP contribution in [0.25, 0.3) is 0 Å². The van der Waals surface area contributed by atoms with Crippen LogP contribution in [-0.2, 0) is 11.2 Å². The maximum atomic E-state index is 11.6. The van der Waals surface area contributed by atoms with Crippen molar-refractivity contribution in [2.75, 3.05) is 6.54 Å². The molecule has 0 aliphatic rings. The molecule has 0 spiro atoms. The first-order chi connectivity index (χ1) is 8.99. The molecule has 1 aromatic carbocycles. The molecule has 0 fully saturated rings. The zero-order valence-corrected chi connectivity index (χ0v) is 11.5. The van der Waals surface area contributed by atoms with Crippen LogP contribution in [0.3, 0.4) is 0 Å². The van der Waals surface area contributed by atoms with Crippen molar-refractivity contribution >= 4 is 11.9 Å². The summed E-state index contributed by atoms with van der Waals surface area (Å²) in [7, 11) is 0. The monoisotopic (exact) mass is 263 g/mol. The molecule has 0 heterocycles. The van der Waals surface area contributed by atoms with Crippen LogP contribution >= 0.6 is 0 Å². The van der Waals surface area contributed by atoms with Crippen molar-refractivity contribution in [1.82, 2.24) is 5.32 Å². The van der Waals surface area contributed by atoms with E-state index < -0.39 is 5.97 Å². The standard InChI is InChI=1S/C15H21NO3/c1-11(2)9-10-16-14(17)8-5-12-3-6-13(7-4-12)15(18)19/h3-4,6-7,11H,5,8-10H2,1-2H3,(H,16,17)(H,18,19). The van der Waals surface area contributed by atoms with Gasteiger partial charge in [0.05, 0.1) is 5.56 Å². The normalized spacial score (nSPS) is 10.5. The number of carbonyl (C=O) groups excluding carboxylic acids is 1. The Bertz CT molecular complexity index is 424. The third-order valence-corrected chi connectivity index (χ3v) is 2.89. The average molecular weight is 263 g/mol. The lowest BCUT2D eigenvalue weighted by molar-refractivity contribution is -0.121. The molecule has 0 bridgehead atoms. The van der Waals surface area contributed by atoms with Gasteiger partial charge in [0.2, 0.25) is 5.91 Å². The first kappa shape index (κ1) is 15.2. The fourth-order valence-electron chi connectivity index (χ4n) is 1.66. The number of rotatable bonds is 7. The van der Waals surface area contributed by atoms with Crippen LogP contribution < -0.4 is 5.32 Å². The third kappa shape index (κ3) is 6.04. The number of aromatic carboxylic acids is 1. The lowest BCUT2D eigenvalue weighted by atomic mass is 10.1. The SMILES string of the molecule is CC(C)CCNC(=O)CCc1ccc(C(=O)O)cc1. The minimum absolute atomic E-state index is 0.0444. The Balaban J connectivity index is 2.32. The van der Waals surface area contributed by atoms with Gasteiger partial charge < -0.3 is 10.4 Å². The molecule has 4 heteroatoms. The van der Waals surface area contributed by atoms with E-state index in [9.17, 15) is 9.59 Å². The molecule has 0 aromatic heterocycles. The highest BCUT2D eigenvalue weighted by molar-refractivity contribution is 5.87. The molecule has 0 saturated heterocycles. The number of nitrogens with one attached hydrogen (secondary N) is 1. The largest absolute Gasteiger partial charge is 0.478 e. The van der Waals surface area contributed by atoms with E-state index in [1.165, 1.54) is 0 Å². The van der Waals surface area contributed by atoms with E-state index >= 15 is 0 Å². The first-order valence-electron chi connectivity index (χ1n) is 6.58. The summed E-state index contributed by atoms with van der Waals surface area (Å²) in [5, 5.41) is 11.7. The van der Waals surface area contributed by atoms with Gasteiger partial charge in [-0.25, -0.2) is 4.79 Å². The van der Waals surface area contributed by atoms with Crippen LogP contribution in [-0.4, -0.2) is 23.5 Å². The van der Waals surface area contributed by atoms with E-state index in [0.717, 1.165) is 12.0 Å². The van der Waals surface area contributed by atoms with Gasteiger partial charge in [-0.15, -0.1) is 0 Å². The summed E-state index contributed by atoms with van der Waals surface area (Å²) in [5.74, 6) is -0.301. The number of carboxylic acid groups (broad SMARTS) is 1. The first-order valence-corrected chi connectivity index (χ1v) is 6.58. The van der Waals surface area contributed by atoms with Gasteiger partial charge in [-0.1, -0.05) is 26.0 Å². The quantitative estimate of drug-likeness (QED) is 0.794. The van der Waals surface area contributed by atoms with E-state index in [4.69, 9.17) is 5.11 Å². The number of amides is 1. The van der Waals surface area contributed by atoms with Crippen LogP contribution in [0.1, 0.15) is 42.6 Å². The van der Waals surface area contributed by atoms with Gasteiger partial charge in [0.25, 0.3) is 0 Å². The molecule has 4 nitrogen and oxygen atoms in total. The van der Waals surface area contributed by atoms with Crippen LogP contribution in [0.2, 0.25) is 0 Å². The van der Waals surface area contributed by atoms with Crippen molar-refractivity contribution in [2.24, 2.45) is 5.92 Å². The Morgan fingerprint density at radius 2 is 1.84 bits per heavy atom. The number of hydrogen-bond donors (Lipinski definition) is 2. The third-order valence-electron chi connectivity index (χ3n) is 2.89. The summed E-state index contributed by atoms with van der Waals surface area (Å²) in [4.78, 5) is 22.3. The van der Waals surface area contributed by atoms with Gasteiger partial charge in [-0.3, -0.25) is 4.79 Å². The van der Waals surface area contributed by atoms with Gasteiger partial charge in [0.15, 0.2) is 0 Å². The predicted molar refractivity (Wildman–Crippen MR) is 74.2 cm³/mol. The maximum absolute atomic E-state index is 11.6. The molecule has 1 rings (SSSR count). The molecule has 1 aromatic rings. The van der Waals surface area contributed by atoms with Gasteiger partial charge >= 0.3 is 5.97 Å². The zero-order chi connectivity index (χ0) is 14.3. The highest BCUT2D eigenvalue weighted by Gasteiger charge is 2.04. The lowest BCUT2D eigenvalue weighted by Crippen LogP contribution is -2.25. The topological polar surface area (TPSA) is 66.4 Å². The average Bonchev–Trinajstić information content (AvgIpc) is 2.36. The minimum Gasteiger partial charge on any atom is -0.478 e. The molecular weight excluding hydrogens is 242 g/mol. The Labute approximate surface area is 113 Å². The Kier molecular flexibility index (Phi) is 6.06. The zero-order valence-electron chi connectivity index (χ0n) is 11.5. The summed E-state index contributed by atoms with van der Waals surface area (Å²) < 4.78 is 0. The number of carboxylic acids is 1. The van der Waals surface area contributed by atoms with Crippen molar-refractivity contribution in [3.05, 3.63) is 35.4 Å². The lowest BCUT2D eigenvalue weighted by Gasteiger charge is -2.07. The molecule has 0 aliphatic carbocycles. The second kappa shape index (κ2) is 7.56. The van der Waals surface area contributed by atoms with Crippen LogP contribution in [0.15, 0.2) is 24.3 Å². The van der Waals surface area contributed by atoms with Crippen molar-refractivity contribution in [2.45, 2.75) is 33.1 Å². The van der Waals surface area contributed by atoms with Crippen LogP contribution in [0.4, 0.5) is 0 Å². The number of benzene rings is 1. The van der Waals surface area contributed by atoms with Crippen molar-refractivity contribution in [3.63, 3.8) is 0 Å². The van der Waals surface area contributed by atoms with Gasteiger partial charge in [0, 0.05) is 13.0 Å². The van der Waals surface area contributed by atoms with Crippen molar-refractivity contribution < 1.29 is 14.7 Å². The molecule has 2 N–H and O–H groups in total. The Morgan fingerprint density at radius 1 is 1.21 bits per heavy atom. The van der Waals surface area contributed by atoms with E-state index in [2.05, 4.69) is 19.2 Å². The summed E-state index contributed by atoms with van der Waals surface area (Å²) in [6, 6.07) is 6.64. The summed E-state index contributed by atoms with van der Waals surface area (Å²) in [6.07, 6.45) is 2.05. The predicted octanol–water partition coefficient (Wildman–Crippen LogP) is 2.48. The second-order valence-electron chi connectivity index (χ2n) is 5.03. The summed E-state index contributed by atoms with van der Waals surface area (Å²) in [5.41, 5.74) is 1.24. The number of aryl methyl sites for hydroxylation is 1. The second-order valence-corrected chi connectivity index (χ2v) is 5.03. The highest BCUT2D eigenvalue weighted by Crippen LogP contribution is 2.07. The summed E-state index contributed by atoms with van der Waals surface area (Å²) >= 11 is 0. The van der Waals surface area contributed by atoms with Crippen LogP contribution in [0.5, 0.6) is 0 Å². The number of carbonyl (C=O) groups is 2. The minimum atomic E-state index is -0.932. The molecule has 0 unspecified atom stereocenters. The molecule has 1 amide bonds. The van der Waals surface area contributed by atoms with E-state index in [1.54, 1.807) is 24.3 Å². The van der Waals surface area contributed by atoms with Gasteiger partial charge in [-0.05, 0) is 36.5 Å². The molecule has 0 aliphatic heterocycles. The molecule has 104 valence electrons. The van der Waals surface area contributed by atoms with Gasteiger partial charge in [0.1, 0.15) is 0 Å². The smallest absolute Gasteiger partial charge is 0.335 e. The Hall–Kier alpha value is -1.84. The van der Waals surface area contributed by atoms with Gasteiger partial charge in [-0.2, -0.15) is 0 Å². The molecule has 0 radical (unpaired) electrons. The van der Waals surface area contributed by atoms with E-state index in [0.29, 0.717) is 25.3 Å². The molecule has 0 saturated carbocycles. The maximum Gasteiger partial charge on any atom is 0.335 e. The number of hydrogen-bond acceptors (Lipinski definition) is 2. The fraction of sp³-hybridized carbons (Fsp3) is 0.467.